The van der Waals surface area contributed by atoms with Crippen LogP contribution in [0.2, 0.25) is 0 Å². The van der Waals surface area contributed by atoms with E-state index in [1.165, 1.54) is 6.08 Å². The maximum atomic E-state index is 11.0. The number of allylic oxidation sites excluding steroid dienone is 1. The largest absolute Gasteiger partial charge is 0.456 e. The van der Waals surface area contributed by atoms with E-state index in [1.807, 2.05) is 0 Å². The molecule has 1 saturated carbocycles. The minimum absolute atomic E-state index is 0.0127. The minimum Gasteiger partial charge on any atom is -0.456 e. The van der Waals surface area contributed by atoms with Crippen LogP contribution >= 0.6 is 0 Å². The number of ether oxygens (including phenoxy) is 2. The number of epoxide rings is 1. The Morgan fingerprint density at radius 3 is 2.92 bits per heavy atom. The van der Waals surface area contributed by atoms with E-state index in [1.54, 1.807) is 13.0 Å². The molecule has 2 rings (SSSR count). The summed E-state index contributed by atoms with van der Waals surface area (Å²) in [6, 6.07) is 0. The molecule has 3 unspecified atom stereocenters. The molecule has 3 atom stereocenters. The molecule has 0 bridgehead atoms. The van der Waals surface area contributed by atoms with E-state index in [-0.39, 0.29) is 18.2 Å². The van der Waals surface area contributed by atoms with Gasteiger partial charge in [-0.2, -0.15) is 0 Å². The average Bonchev–Trinajstić information content (AvgIpc) is 2.71. The Kier molecular flexibility index (Phi) is 1.89. The summed E-state index contributed by atoms with van der Waals surface area (Å²) in [5.41, 5.74) is 0. The number of rotatable bonds is 2. The first kappa shape index (κ1) is 7.80. The standard InChI is InChI=1S/C9H12O3/c1-2-3-8(10)11-6-4-5-7-9(6)12-7/h2-3,6-7,9H,4-5H2,1H3. The van der Waals surface area contributed by atoms with Crippen molar-refractivity contribution in [2.24, 2.45) is 0 Å². The maximum absolute atomic E-state index is 11.0. The van der Waals surface area contributed by atoms with E-state index < -0.39 is 0 Å². The second-order valence-corrected chi connectivity index (χ2v) is 3.19. The Labute approximate surface area is 71.3 Å². The van der Waals surface area contributed by atoms with Crippen LogP contribution in [0, 0.1) is 0 Å². The van der Waals surface area contributed by atoms with E-state index in [0.717, 1.165) is 12.8 Å². The zero-order chi connectivity index (χ0) is 8.55. The molecular formula is C9H12O3. The van der Waals surface area contributed by atoms with Gasteiger partial charge in [0.05, 0.1) is 6.10 Å². The minimum atomic E-state index is -0.251. The van der Waals surface area contributed by atoms with Crippen LogP contribution in [0.4, 0.5) is 0 Å². The van der Waals surface area contributed by atoms with Crippen LogP contribution in [0.25, 0.3) is 0 Å². The third-order valence-electron chi connectivity index (χ3n) is 2.29. The van der Waals surface area contributed by atoms with Gasteiger partial charge < -0.3 is 9.47 Å². The van der Waals surface area contributed by atoms with Gasteiger partial charge in [0.2, 0.25) is 0 Å². The number of fused-ring (bicyclic) bond motifs is 1. The molecule has 0 N–H and O–H groups in total. The number of hydrogen-bond donors (Lipinski definition) is 0. The van der Waals surface area contributed by atoms with Crippen LogP contribution in [0.3, 0.4) is 0 Å². The average molecular weight is 168 g/mol. The quantitative estimate of drug-likeness (QED) is 0.351. The van der Waals surface area contributed by atoms with Gasteiger partial charge in [-0.25, -0.2) is 4.79 Å². The van der Waals surface area contributed by atoms with Crippen molar-refractivity contribution in [2.45, 2.75) is 38.1 Å². The maximum Gasteiger partial charge on any atom is 0.330 e. The molecule has 3 heteroatoms. The van der Waals surface area contributed by atoms with Gasteiger partial charge in [-0.3, -0.25) is 0 Å². The summed E-state index contributed by atoms with van der Waals surface area (Å²) < 4.78 is 10.4. The van der Waals surface area contributed by atoms with Crippen molar-refractivity contribution in [1.82, 2.24) is 0 Å². The van der Waals surface area contributed by atoms with Gasteiger partial charge in [0.1, 0.15) is 12.2 Å². The first-order valence-corrected chi connectivity index (χ1v) is 4.30. The lowest BCUT2D eigenvalue weighted by Gasteiger charge is -2.09. The predicted molar refractivity (Wildman–Crippen MR) is 42.6 cm³/mol. The SMILES string of the molecule is CC=CC(=O)OC1CCC2OC12. The second kappa shape index (κ2) is 2.90. The summed E-state index contributed by atoms with van der Waals surface area (Å²) in [4.78, 5) is 11.0. The monoisotopic (exact) mass is 168 g/mol. The highest BCUT2D eigenvalue weighted by Crippen LogP contribution is 2.40. The fraction of sp³-hybridized carbons (Fsp3) is 0.667. The highest BCUT2D eigenvalue weighted by molar-refractivity contribution is 5.82. The van der Waals surface area contributed by atoms with Gasteiger partial charge in [0, 0.05) is 6.08 Å². The molecule has 1 aliphatic heterocycles. The van der Waals surface area contributed by atoms with Gasteiger partial charge >= 0.3 is 5.97 Å². The molecule has 66 valence electrons. The zero-order valence-electron chi connectivity index (χ0n) is 7.03. The third-order valence-corrected chi connectivity index (χ3v) is 2.29. The van der Waals surface area contributed by atoms with E-state index in [2.05, 4.69) is 0 Å². The summed E-state index contributed by atoms with van der Waals surface area (Å²) >= 11 is 0. The van der Waals surface area contributed by atoms with Crippen LogP contribution in [0.1, 0.15) is 19.8 Å². The van der Waals surface area contributed by atoms with Crippen molar-refractivity contribution in [3.63, 3.8) is 0 Å². The third kappa shape index (κ3) is 1.37. The molecule has 0 amide bonds. The molecule has 12 heavy (non-hydrogen) atoms. The topological polar surface area (TPSA) is 38.8 Å². The molecule has 0 aromatic carbocycles. The van der Waals surface area contributed by atoms with E-state index in [0.29, 0.717) is 6.10 Å². The molecule has 0 spiro atoms. The van der Waals surface area contributed by atoms with E-state index in [4.69, 9.17) is 9.47 Å². The van der Waals surface area contributed by atoms with E-state index in [9.17, 15) is 4.79 Å². The Morgan fingerprint density at radius 2 is 2.42 bits per heavy atom. The molecule has 3 nitrogen and oxygen atoms in total. The summed E-state index contributed by atoms with van der Waals surface area (Å²) in [5, 5.41) is 0. The fourth-order valence-electron chi connectivity index (χ4n) is 1.66. The normalized spacial score (nSPS) is 38.2. The van der Waals surface area contributed by atoms with Crippen LogP contribution in [-0.4, -0.2) is 24.3 Å². The van der Waals surface area contributed by atoms with Crippen molar-refractivity contribution >= 4 is 5.97 Å². The molecule has 0 radical (unpaired) electrons. The number of carbonyl (C=O) groups is 1. The Morgan fingerprint density at radius 1 is 1.58 bits per heavy atom. The van der Waals surface area contributed by atoms with Crippen molar-refractivity contribution in [2.75, 3.05) is 0 Å². The lowest BCUT2D eigenvalue weighted by Crippen LogP contribution is -2.19. The first-order valence-electron chi connectivity index (χ1n) is 4.30. The highest BCUT2D eigenvalue weighted by Gasteiger charge is 2.52. The van der Waals surface area contributed by atoms with Gasteiger partial charge in [-0.15, -0.1) is 0 Å². The molecule has 0 aromatic heterocycles. The molecule has 2 fully saturated rings. The van der Waals surface area contributed by atoms with Gasteiger partial charge in [-0.1, -0.05) is 6.08 Å². The Balaban J connectivity index is 1.82. The number of esters is 1. The van der Waals surface area contributed by atoms with Crippen molar-refractivity contribution in [3.05, 3.63) is 12.2 Å². The van der Waals surface area contributed by atoms with Gasteiger partial charge in [0.25, 0.3) is 0 Å². The smallest absolute Gasteiger partial charge is 0.330 e. The molecule has 1 saturated heterocycles. The summed E-state index contributed by atoms with van der Waals surface area (Å²) in [6.07, 6.45) is 5.72. The fourth-order valence-corrected chi connectivity index (χ4v) is 1.66. The van der Waals surface area contributed by atoms with Gasteiger partial charge in [-0.05, 0) is 19.8 Å². The highest BCUT2D eigenvalue weighted by atomic mass is 16.6. The number of hydrogen-bond acceptors (Lipinski definition) is 3. The molecule has 2 aliphatic rings. The lowest BCUT2D eigenvalue weighted by atomic mass is 10.3. The molecular weight excluding hydrogens is 156 g/mol. The lowest BCUT2D eigenvalue weighted by molar-refractivity contribution is -0.144. The zero-order valence-corrected chi connectivity index (χ0v) is 7.03. The van der Waals surface area contributed by atoms with Crippen molar-refractivity contribution < 1.29 is 14.3 Å². The summed E-state index contributed by atoms with van der Waals surface area (Å²) in [6.45, 7) is 1.80. The molecule has 1 heterocycles. The molecule has 0 aromatic rings. The van der Waals surface area contributed by atoms with Crippen LogP contribution in [0.5, 0.6) is 0 Å². The second-order valence-electron chi connectivity index (χ2n) is 3.19. The van der Waals surface area contributed by atoms with E-state index >= 15 is 0 Å². The summed E-state index contributed by atoms with van der Waals surface area (Å²) in [5.74, 6) is -0.251. The van der Waals surface area contributed by atoms with Crippen molar-refractivity contribution in [1.29, 1.82) is 0 Å². The van der Waals surface area contributed by atoms with Crippen LogP contribution < -0.4 is 0 Å². The Hall–Kier alpha value is -0.830. The number of carbonyl (C=O) groups excluding carboxylic acids is 1. The molecule has 1 aliphatic carbocycles. The van der Waals surface area contributed by atoms with Crippen LogP contribution in [-0.2, 0) is 14.3 Å². The predicted octanol–water partition coefficient (Wildman–Crippen LogP) is 1.04. The van der Waals surface area contributed by atoms with Gasteiger partial charge in [0.15, 0.2) is 0 Å². The first-order chi connectivity index (χ1) is 5.81. The van der Waals surface area contributed by atoms with Crippen molar-refractivity contribution in [3.8, 4) is 0 Å². The Bertz CT molecular complexity index is 222. The van der Waals surface area contributed by atoms with Crippen LogP contribution in [0.15, 0.2) is 12.2 Å². The summed E-state index contributed by atoms with van der Waals surface area (Å²) in [7, 11) is 0.